The Kier molecular flexibility index (Phi) is 8.80. The van der Waals surface area contributed by atoms with E-state index >= 15 is 0 Å². The summed E-state index contributed by atoms with van der Waals surface area (Å²) in [6.07, 6.45) is 4.02. The van der Waals surface area contributed by atoms with Gasteiger partial charge in [-0.2, -0.15) is 0 Å². The van der Waals surface area contributed by atoms with Gasteiger partial charge in [-0.15, -0.1) is 0 Å². The van der Waals surface area contributed by atoms with Crippen LogP contribution in [0.4, 0.5) is 4.39 Å². The summed E-state index contributed by atoms with van der Waals surface area (Å²) in [4.78, 5) is 24.5. The van der Waals surface area contributed by atoms with Gasteiger partial charge in [0.05, 0.1) is 5.56 Å². The van der Waals surface area contributed by atoms with E-state index in [1.165, 1.54) is 12.1 Å². The number of carbonyl (C=O) groups excluding carboxylic acids is 1. The lowest BCUT2D eigenvalue weighted by Gasteiger charge is -2.27. The van der Waals surface area contributed by atoms with E-state index in [2.05, 4.69) is 26.1 Å². The Morgan fingerprint density at radius 3 is 2.50 bits per heavy atom. The molecule has 2 aromatic rings. The van der Waals surface area contributed by atoms with E-state index in [9.17, 15) is 19.1 Å². The predicted molar refractivity (Wildman–Crippen MR) is 141 cm³/mol. The summed E-state index contributed by atoms with van der Waals surface area (Å²) in [6, 6.07) is 9.64. The lowest BCUT2D eigenvalue weighted by molar-refractivity contribution is -0.126. The molecule has 1 fully saturated rings. The van der Waals surface area contributed by atoms with Gasteiger partial charge in [0, 0.05) is 23.9 Å². The van der Waals surface area contributed by atoms with Crippen LogP contribution in [0.25, 0.3) is 11.1 Å². The quantitative estimate of drug-likeness (QED) is 0.364. The molecule has 1 amide bonds. The average Bonchev–Trinajstić information content (AvgIpc) is 3.25. The summed E-state index contributed by atoms with van der Waals surface area (Å²) >= 11 is 0. The molecule has 196 valence electrons. The molecule has 1 aliphatic rings. The van der Waals surface area contributed by atoms with E-state index in [0.29, 0.717) is 28.9 Å². The topological polar surface area (TPSA) is 75.6 Å². The Morgan fingerprint density at radius 2 is 1.86 bits per heavy atom. The fourth-order valence-electron chi connectivity index (χ4n) is 5.10. The van der Waals surface area contributed by atoms with Crippen LogP contribution in [0.2, 0.25) is 0 Å². The number of aromatic carboxylic acids is 1. The highest BCUT2D eigenvalue weighted by atomic mass is 19.1. The molecule has 3 atom stereocenters. The minimum atomic E-state index is -1.05. The lowest BCUT2D eigenvalue weighted by Crippen LogP contribution is -2.38. The Morgan fingerprint density at radius 1 is 1.14 bits per heavy atom. The molecule has 2 N–H and O–H groups in total. The number of carboxylic acid groups (broad SMARTS) is 1. The lowest BCUT2D eigenvalue weighted by atomic mass is 9.81. The van der Waals surface area contributed by atoms with Crippen molar-refractivity contribution in [3.05, 3.63) is 53.3 Å². The van der Waals surface area contributed by atoms with Gasteiger partial charge in [0.2, 0.25) is 5.91 Å². The van der Waals surface area contributed by atoms with Crippen molar-refractivity contribution < 1.29 is 23.8 Å². The van der Waals surface area contributed by atoms with Crippen LogP contribution in [0, 0.1) is 17.2 Å². The van der Waals surface area contributed by atoms with Crippen molar-refractivity contribution >= 4 is 11.9 Å². The van der Waals surface area contributed by atoms with Gasteiger partial charge in [0.1, 0.15) is 17.7 Å². The van der Waals surface area contributed by atoms with Crippen LogP contribution in [-0.2, 0) is 4.79 Å². The van der Waals surface area contributed by atoms with E-state index in [0.717, 1.165) is 25.7 Å². The molecular weight excluding hydrogens is 457 g/mol. The van der Waals surface area contributed by atoms with Crippen molar-refractivity contribution in [2.75, 3.05) is 0 Å². The van der Waals surface area contributed by atoms with Gasteiger partial charge in [-0.25, -0.2) is 9.18 Å². The first-order valence-electron chi connectivity index (χ1n) is 13.0. The predicted octanol–water partition coefficient (Wildman–Crippen LogP) is 7.19. The third kappa shape index (κ3) is 6.65. The number of nitrogens with one attached hydrogen (secondary N) is 1. The third-order valence-electron chi connectivity index (χ3n) is 7.43. The van der Waals surface area contributed by atoms with Crippen molar-refractivity contribution in [3.8, 4) is 16.9 Å². The molecule has 1 aliphatic carbocycles. The molecule has 2 aromatic carbocycles. The monoisotopic (exact) mass is 497 g/mol. The number of carbonyl (C=O) groups is 2. The zero-order valence-corrected chi connectivity index (χ0v) is 22.4. The highest BCUT2D eigenvalue weighted by Crippen LogP contribution is 2.39. The minimum Gasteiger partial charge on any atom is -0.490 e. The largest absolute Gasteiger partial charge is 0.490 e. The maximum Gasteiger partial charge on any atom is 0.335 e. The van der Waals surface area contributed by atoms with Gasteiger partial charge in [0.15, 0.2) is 0 Å². The molecular formula is C30H40FNO4. The first kappa shape index (κ1) is 27.7. The molecule has 0 unspecified atom stereocenters. The third-order valence-corrected chi connectivity index (χ3v) is 7.43. The van der Waals surface area contributed by atoms with Crippen molar-refractivity contribution in [3.63, 3.8) is 0 Å². The van der Waals surface area contributed by atoms with Gasteiger partial charge in [-0.05, 0) is 66.0 Å². The van der Waals surface area contributed by atoms with Gasteiger partial charge >= 0.3 is 5.97 Å². The van der Waals surface area contributed by atoms with Crippen LogP contribution < -0.4 is 10.1 Å². The fourth-order valence-corrected chi connectivity index (χ4v) is 5.10. The molecule has 0 spiro atoms. The van der Waals surface area contributed by atoms with Crippen LogP contribution in [0.5, 0.6) is 5.75 Å². The van der Waals surface area contributed by atoms with Crippen molar-refractivity contribution in [2.45, 2.75) is 91.7 Å². The number of benzene rings is 2. The summed E-state index contributed by atoms with van der Waals surface area (Å²) in [5.41, 5.74) is 1.99. The van der Waals surface area contributed by atoms with E-state index in [1.54, 1.807) is 18.2 Å². The van der Waals surface area contributed by atoms with Gasteiger partial charge < -0.3 is 15.2 Å². The highest BCUT2D eigenvalue weighted by molar-refractivity contribution is 5.91. The zero-order chi connectivity index (χ0) is 26.6. The molecule has 0 aliphatic heterocycles. The smallest absolute Gasteiger partial charge is 0.335 e. The summed E-state index contributed by atoms with van der Waals surface area (Å²) in [6.45, 7) is 12.3. The van der Waals surface area contributed by atoms with Crippen LogP contribution in [0.15, 0.2) is 36.4 Å². The first-order valence-corrected chi connectivity index (χ1v) is 13.0. The van der Waals surface area contributed by atoms with Crippen LogP contribution in [-0.4, -0.2) is 29.1 Å². The molecule has 6 heteroatoms. The second kappa shape index (κ2) is 11.4. The number of hydrogen-bond donors (Lipinski definition) is 2. The minimum absolute atomic E-state index is 0.0387. The molecule has 0 bridgehead atoms. The standard InChI is InChI=1S/C30H40FNO4/c1-7-30(5,6)17-19(4)28(33)32-21-12-13-22(16-21)36-26-14-11-20(29(34)35)15-24(26)23-9-8-10-25(31)27(23)18(2)3/h8-11,14-15,18-19,21-22H,7,12-13,16-17H2,1-6H3,(H,32,33)(H,34,35)/t19-,21+,22+/m0/s1. The summed E-state index contributed by atoms with van der Waals surface area (Å²) in [7, 11) is 0. The molecule has 0 saturated heterocycles. The SMILES string of the molecule is CCC(C)(C)C[C@H](C)C(=O)N[C@@H]1CC[C@@H](Oc2ccc(C(=O)O)cc2-c2cccc(F)c2C(C)C)C1. The van der Waals surface area contributed by atoms with Gasteiger partial charge in [0.25, 0.3) is 0 Å². The molecule has 1 saturated carbocycles. The second-order valence-corrected chi connectivity index (χ2v) is 11.3. The van der Waals surface area contributed by atoms with Crippen molar-refractivity contribution in [1.29, 1.82) is 0 Å². The van der Waals surface area contributed by atoms with E-state index < -0.39 is 5.97 Å². The average molecular weight is 498 g/mol. The molecule has 0 heterocycles. The summed E-state index contributed by atoms with van der Waals surface area (Å²) in [5, 5.41) is 12.8. The molecule has 0 aromatic heterocycles. The fraction of sp³-hybridized carbons (Fsp3) is 0.533. The van der Waals surface area contributed by atoms with E-state index in [4.69, 9.17) is 4.74 Å². The number of amides is 1. The summed E-state index contributed by atoms with van der Waals surface area (Å²) in [5.74, 6) is -0.907. The normalized spacial score (nSPS) is 18.8. The molecule has 36 heavy (non-hydrogen) atoms. The number of rotatable bonds is 10. The van der Waals surface area contributed by atoms with Gasteiger partial charge in [-0.1, -0.05) is 60.1 Å². The number of ether oxygens (including phenoxy) is 1. The number of halogens is 1. The van der Waals surface area contributed by atoms with Gasteiger partial charge in [-0.3, -0.25) is 4.79 Å². The molecule has 0 radical (unpaired) electrons. The zero-order valence-electron chi connectivity index (χ0n) is 22.4. The Balaban J connectivity index is 1.78. The second-order valence-electron chi connectivity index (χ2n) is 11.3. The maximum absolute atomic E-state index is 14.7. The van der Waals surface area contributed by atoms with Crippen LogP contribution in [0.3, 0.4) is 0 Å². The van der Waals surface area contributed by atoms with E-state index in [1.807, 2.05) is 26.8 Å². The van der Waals surface area contributed by atoms with Crippen molar-refractivity contribution in [1.82, 2.24) is 5.32 Å². The van der Waals surface area contributed by atoms with Crippen LogP contribution in [0.1, 0.15) is 95.5 Å². The summed E-state index contributed by atoms with van der Waals surface area (Å²) < 4.78 is 21.1. The first-order chi connectivity index (χ1) is 16.9. The molecule has 5 nitrogen and oxygen atoms in total. The number of hydrogen-bond acceptors (Lipinski definition) is 3. The van der Waals surface area contributed by atoms with E-state index in [-0.39, 0.29) is 46.7 Å². The Bertz CT molecular complexity index is 1090. The Labute approximate surface area is 214 Å². The highest BCUT2D eigenvalue weighted by Gasteiger charge is 2.31. The Hall–Kier alpha value is -2.89. The number of carboxylic acids is 1. The van der Waals surface area contributed by atoms with Crippen LogP contribution >= 0.6 is 0 Å². The van der Waals surface area contributed by atoms with Crippen molar-refractivity contribution in [2.24, 2.45) is 11.3 Å². The molecule has 3 rings (SSSR count). The maximum atomic E-state index is 14.7.